The van der Waals surface area contributed by atoms with Gasteiger partial charge in [0.05, 0.1) is 12.3 Å². The summed E-state index contributed by atoms with van der Waals surface area (Å²) in [6.07, 6.45) is 6.69. The van der Waals surface area contributed by atoms with Crippen LogP contribution in [0, 0.1) is 0 Å². The molecule has 0 aliphatic carbocycles. The SMILES string of the molecule is C=CCN(C)CCCCCOc1ccc2c(c1)CCCN2C(=O)Oc1ccc(Cl)cc1. The van der Waals surface area contributed by atoms with Crippen LogP contribution in [0.25, 0.3) is 0 Å². The van der Waals surface area contributed by atoms with Crippen molar-refractivity contribution < 1.29 is 14.3 Å². The summed E-state index contributed by atoms with van der Waals surface area (Å²) >= 11 is 5.90. The third-order valence-corrected chi connectivity index (χ3v) is 5.55. The summed E-state index contributed by atoms with van der Waals surface area (Å²) in [4.78, 5) is 16.6. The molecule has 0 unspecified atom stereocenters. The minimum absolute atomic E-state index is 0.377. The van der Waals surface area contributed by atoms with Crippen LogP contribution in [0.15, 0.2) is 55.1 Å². The van der Waals surface area contributed by atoms with Crippen molar-refractivity contribution in [1.29, 1.82) is 0 Å². The highest BCUT2D eigenvalue weighted by Crippen LogP contribution is 2.31. The highest BCUT2D eigenvalue weighted by atomic mass is 35.5. The number of halogens is 1. The molecule has 0 N–H and O–H groups in total. The zero-order valence-corrected chi connectivity index (χ0v) is 18.9. The van der Waals surface area contributed by atoms with Gasteiger partial charge in [0.2, 0.25) is 0 Å². The largest absolute Gasteiger partial charge is 0.494 e. The molecule has 1 amide bonds. The van der Waals surface area contributed by atoms with E-state index in [0.29, 0.717) is 23.9 Å². The fraction of sp³-hybridized carbons (Fsp3) is 0.400. The van der Waals surface area contributed by atoms with Gasteiger partial charge in [-0.05, 0) is 93.7 Å². The van der Waals surface area contributed by atoms with Gasteiger partial charge in [-0.25, -0.2) is 4.79 Å². The minimum Gasteiger partial charge on any atom is -0.494 e. The monoisotopic (exact) mass is 442 g/mol. The Hall–Kier alpha value is -2.50. The molecule has 2 aromatic carbocycles. The molecule has 3 rings (SSSR count). The maximum atomic E-state index is 12.7. The molecule has 0 aromatic heterocycles. The molecule has 6 heteroatoms. The van der Waals surface area contributed by atoms with Gasteiger partial charge in [0.1, 0.15) is 11.5 Å². The lowest BCUT2D eigenvalue weighted by Crippen LogP contribution is -2.37. The average molecular weight is 443 g/mol. The molecule has 0 saturated heterocycles. The van der Waals surface area contributed by atoms with Gasteiger partial charge < -0.3 is 14.4 Å². The Labute approximate surface area is 190 Å². The first-order valence-electron chi connectivity index (χ1n) is 10.9. The predicted molar refractivity (Wildman–Crippen MR) is 127 cm³/mol. The summed E-state index contributed by atoms with van der Waals surface area (Å²) in [5.41, 5.74) is 2.01. The highest BCUT2D eigenvalue weighted by molar-refractivity contribution is 6.30. The van der Waals surface area contributed by atoms with Gasteiger partial charge in [-0.3, -0.25) is 4.90 Å². The van der Waals surface area contributed by atoms with Crippen molar-refractivity contribution in [1.82, 2.24) is 4.90 Å². The fourth-order valence-corrected chi connectivity index (χ4v) is 3.80. The van der Waals surface area contributed by atoms with Crippen LogP contribution in [0.2, 0.25) is 5.02 Å². The second-order valence-corrected chi connectivity index (χ2v) is 8.26. The standard InChI is InChI=1S/C25H31ClN2O3/c1-3-15-27(2)16-5-4-6-18-30-23-13-14-24-20(19-23)8-7-17-28(24)25(29)31-22-11-9-21(26)10-12-22/h3,9-14,19H,1,4-8,15-18H2,2H3. The smallest absolute Gasteiger partial charge is 0.419 e. The summed E-state index contributed by atoms with van der Waals surface area (Å²) < 4.78 is 11.5. The zero-order chi connectivity index (χ0) is 22.1. The number of fused-ring (bicyclic) bond motifs is 1. The van der Waals surface area contributed by atoms with Gasteiger partial charge in [0.25, 0.3) is 0 Å². The quantitative estimate of drug-likeness (QED) is 0.336. The first-order chi connectivity index (χ1) is 15.1. The third-order valence-electron chi connectivity index (χ3n) is 5.30. The van der Waals surface area contributed by atoms with Gasteiger partial charge in [-0.2, -0.15) is 0 Å². The highest BCUT2D eigenvalue weighted by Gasteiger charge is 2.24. The molecule has 166 valence electrons. The molecule has 1 heterocycles. The van der Waals surface area contributed by atoms with Gasteiger partial charge in [0.15, 0.2) is 0 Å². The zero-order valence-electron chi connectivity index (χ0n) is 18.2. The molecular formula is C25H31ClN2O3. The van der Waals surface area contributed by atoms with E-state index in [1.165, 1.54) is 0 Å². The van der Waals surface area contributed by atoms with Crippen LogP contribution < -0.4 is 14.4 Å². The first-order valence-corrected chi connectivity index (χ1v) is 11.2. The minimum atomic E-state index is -0.377. The van der Waals surface area contributed by atoms with Crippen molar-refractivity contribution in [2.24, 2.45) is 0 Å². The van der Waals surface area contributed by atoms with E-state index in [2.05, 4.69) is 24.6 Å². The van der Waals surface area contributed by atoms with Crippen LogP contribution in [-0.4, -0.2) is 44.3 Å². The average Bonchev–Trinajstić information content (AvgIpc) is 2.77. The number of anilines is 1. The van der Waals surface area contributed by atoms with Crippen molar-refractivity contribution in [3.63, 3.8) is 0 Å². The normalized spacial score (nSPS) is 13.1. The molecule has 0 fully saturated rings. The van der Waals surface area contributed by atoms with E-state index in [4.69, 9.17) is 21.1 Å². The lowest BCUT2D eigenvalue weighted by molar-refractivity contribution is 0.207. The number of hydrogen-bond acceptors (Lipinski definition) is 4. The summed E-state index contributed by atoms with van der Waals surface area (Å²) in [6, 6.07) is 12.7. The summed E-state index contributed by atoms with van der Waals surface area (Å²) in [7, 11) is 2.11. The number of carbonyl (C=O) groups excluding carboxylic acids is 1. The Morgan fingerprint density at radius 1 is 1.16 bits per heavy atom. The number of likely N-dealkylation sites (N-methyl/N-ethyl adjacent to an activating group) is 1. The number of rotatable bonds is 10. The number of benzene rings is 2. The van der Waals surface area contributed by atoms with E-state index in [1.807, 2.05) is 18.2 Å². The van der Waals surface area contributed by atoms with Crippen molar-refractivity contribution in [2.75, 3.05) is 38.2 Å². The van der Waals surface area contributed by atoms with Gasteiger partial charge in [-0.15, -0.1) is 6.58 Å². The van der Waals surface area contributed by atoms with E-state index in [1.54, 1.807) is 29.2 Å². The summed E-state index contributed by atoms with van der Waals surface area (Å²) in [6.45, 7) is 7.11. The Morgan fingerprint density at radius 2 is 1.94 bits per heavy atom. The van der Waals surface area contributed by atoms with E-state index >= 15 is 0 Å². The molecule has 31 heavy (non-hydrogen) atoms. The molecule has 1 aliphatic rings. The number of amides is 1. The lowest BCUT2D eigenvalue weighted by atomic mass is 10.0. The molecule has 0 radical (unpaired) electrons. The summed E-state index contributed by atoms with van der Waals surface area (Å²) in [5, 5.41) is 0.607. The maximum Gasteiger partial charge on any atom is 0.419 e. The number of aryl methyl sites for hydroxylation is 1. The third kappa shape index (κ3) is 7.01. The maximum absolute atomic E-state index is 12.7. The summed E-state index contributed by atoms with van der Waals surface area (Å²) in [5.74, 6) is 1.34. The number of unbranched alkanes of at least 4 members (excludes halogenated alkanes) is 2. The van der Waals surface area contributed by atoms with Gasteiger partial charge >= 0.3 is 6.09 Å². The number of nitrogens with zero attached hydrogens (tertiary/aromatic N) is 2. The van der Waals surface area contributed by atoms with Crippen LogP contribution in [-0.2, 0) is 6.42 Å². The predicted octanol–water partition coefficient (Wildman–Crippen LogP) is 5.96. The molecule has 1 aliphatic heterocycles. The van der Waals surface area contributed by atoms with Crippen molar-refractivity contribution in [3.05, 3.63) is 65.7 Å². The Bertz CT molecular complexity index is 870. The van der Waals surface area contributed by atoms with E-state index in [-0.39, 0.29) is 6.09 Å². The van der Waals surface area contributed by atoms with E-state index in [9.17, 15) is 4.79 Å². The van der Waals surface area contributed by atoms with Crippen molar-refractivity contribution in [3.8, 4) is 11.5 Å². The molecule has 0 atom stereocenters. The van der Waals surface area contributed by atoms with E-state index in [0.717, 1.165) is 62.2 Å². The molecule has 2 aromatic rings. The molecular weight excluding hydrogens is 412 g/mol. The molecule has 0 saturated carbocycles. The fourth-order valence-electron chi connectivity index (χ4n) is 3.67. The lowest BCUT2D eigenvalue weighted by Gasteiger charge is -2.29. The Kier molecular flexibility index (Phi) is 8.80. The number of carbonyl (C=O) groups is 1. The second-order valence-electron chi connectivity index (χ2n) is 7.83. The van der Waals surface area contributed by atoms with E-state index < -0.39 is 0 Å². The van der Waals surface area contributed by atoms with Crippen LogP contribution in [0.4, 0.5) is 10.5 Å². The van der Waals surface area contributed by atoms with Crippen LogP contribution >= 0.6 is 11.6 Å². The van der Waals surface area contributed by atoms with Crippen LogP contribution in [0.5, 0.6) is 11.5 Å². The molecule has 0 spiro atoms. The van der Waals surface area contributed by atoms with Gasteiger partial charge in [-0.1, -0.05) is 17.7 Å². The van der Waals surface area contributed by atoms with Crippen molar-refractivity contribution >= 4 is 23.4 Å². The van der Waals surface area contributed by atoms with Crippen molar-refractivity contribution in [2.45, 2.75) is 32.1 Å². The molecule has 0 bridgehead atoms. The number of ether oxygens (including phenoxy) is 2. The topological polar surface area (TPSA) is 42.0 Å². The second kappa shape index (κ2) is 11.8. The Morgan fingerprint density at radius 3 is 2.71 bits per heavy atom. The number of hydrogen-bond donors (Lipinski definition) is 0. The van der Waals surface area contributed by atoms with Gasteiger partial charge in [0, 0.05) is 18.1 Å². The molecule has 5 nitrogen and oxygen atoms in total. The first kappa shape index (κ1) is 23.2. The van der Waals surface area contributed by atoms with Crippen LogP contribution in [0.3, 0.4) is 0 Å². The van der Waals surface area contributed by atoms with Crippen LogP contribution in [0.1, 0.15) is 31.2 Å². The Balaban J connectivity index is 1.49.